The average molecular weight is 515 g/mol. The molecule has 192 valence electrons. The molecule has 0 spiro atoms. The van der Waals surface area contributed by atoms with Crippen molar-refractivity contribution in [1.82, 2.24) is 24.8 Å². The predicted octanol–water partition coefficient (Wildman–Crippen LogP) is 1.04. The second-order valence-electron chi connectivity index (χ2n) is 9.10. The quantitative estimate of drug-likeness (QED) is 0.247. The van der Waals surface area contributed by atoms with E-state index >= 15 is 0 Å². The third kappa shape index (κ3) is 5.32. The highest BCUT2D eigenvalue weighted by Crippen LogP contribution is 2.35. The number of rotatable bonds is 10. The number of aromatic nitrogens is 4. The number of ether oxygens (including phenoxy) is 1. The molecule has 12 heteroatoms. The zero-order chi connectivity index (χ0) is 25.1. The monoisotopic (exact) mass is 514 g/mol. The Morgan fingerprint density at radius 1 is 1.19 bits per heavy atom. The molecule has 36 heavy (non-hydrogen) atoms. The van der Waals surface area contributed by atoms with E-state index in [1.54, 1.807) is 22.7 Å². The minimum absolute atomic E-state index is 0.107. The molecule has 2 saturated heterocycles. The van der Waals surface area contributed by atoms with Gasteiger partial charge in [-0.1, -0.05) is 30.3 Å². The Morgan fingerprint density at radius 3 is 2.81 bits per heavy atom. The minimum Gasteiger partial charge on any atom is -0.480 e. The lowest BCUT2D eigenvalue weighted by Crippen LogP contribution is -2.33. The highest BCUT2D eigenvalue weighted by molar-refractivity contribution is 8.00. The van der Waals surface area contributed by atoms with Gasteiger partial charge in [-0.2, -0.15) is 11.8 Å². The Bertz CT molecular complexity index is 1180. The molecule has 4 heterocycles. The van der Waals surface area contributed by atoms with Gasteiger partial charge in [0.1, 0.15) is 24.6 Å². The third-order valence-corrected chi connectivity index (χ3v) is 7.98. The van der Waals surface area contributed by atoms with Crippen LogP contribution in [0.5, 0.6) is 0 Å². The van der Waals surface area contributed by atoms with Crippen LogP contribution in [0.3, 0.4) is 0 Å². The number of aliphatic hydroxyl groups is 2. The zero-order valence-electron chi connectivity index (χ0n) is 19.6. The number of benzene rings is 1. The van der Waals surface area contributed by atoms with Crippen LogP contribution in [-0.4, -0.2) is 89.3 Å². The van der Waals surface area contributed by atoms with E-state index < -0.39 is 36.6 Å². The molecule has 0 radical (unpaired) electrons. The molecular weight excluding hydrogens is 484 g/mol. The van der Waals surface area contributed by atoms with Crippen molar-refractivity contribution in [1.29, 1.82) is 0 Å². The van der Waals surface area contributed by atoms with Crippen molar-refractivity contribution in [3.05, 3.63) is 48.5 Å². The van der Waals surface area contributed by atoms with Crippen molar-refractivity contribution < 1.29 is 24.9 Å². The maximum Gasteiger partial charge on any atom is 0.320 e. The molecule has 0 saturated carbocycles. The van der Waals surface area contributed by atoms with Gasteiger partial charge >= 0.3 is 5.97 Å². The van der Waals surface area contributed by atoms with Crippen LogP contribution < -0.4 is 10.6 Å². The van der Waals surface area contributed by atoms with Gasteiger partial charge in [-0.15, -0.1) is 0 Å². The second-order valence-corrected chi connectivity index (χ2v) is 10.4. The number of imidazole rings is 1. The number of aliphatic hydroxyl groups excluding tert-OH is 2. The summed E-state index contributed by atoms with van der Waals surface area (Å²) in [6.07, 6.45) is 1.69. The Hall–Kier alpha value is -2.77. The van der Waals surface area contributed by atoms with Crippen molar-refractivity contribution >= 4 is 34.7 Å². The first-order valence-electron chi connectivity index (χ1n) is 12.1. The van der Waals surface area contributed by atoms with Crippen molar-refractivity contribution in [3.63, 3.8) is 0 Å². The van der Waals surface area contributed by atoms with Crippen LogP contribution in [0, 0.1) is 0 Å². The number of carbonyl (C=O) groups is 1. The maximum absolute atomic E-state index is 11.1. The average Bonchev–Trinajstić information content (AvgIpc) is 3.60. The molecule has 3 aromatic rings. The molecule has 5 rings (SSSR count). The van der Waals surface area contributed by atoms with E-state index in [-0.39, 0.29) is 5.25 Å². The van der Waals surface area contributed by atoms with E-state index in [2.05, 4.69) is 37.7 Å². The largest absolute Gasteiger partial charge is 0.480 e. The van der Waals surface area contributed by atoms with Crippen LogP contribution in [0.15, 0.2) is 43.0 Å². The number of hydrogen-bond acceptors (Lipinski definition) is 10. The predicted molar refractivity (Wildman–Crippen MR) is 135 cm³/mol. The van der Waals surface area contributed by atoms with Crippen molar-refractivity contribution in [3.8, 4) is 0 Å². The summed E-state index contributed by atoms with van der Waals surface area (Å²) in [4.78, 5) is 24.3. The standard InChI is InChI=1S/C24H30N6O5S/c31-19-17(11-36-15-9-16(24(33)34)26-10-15)35-23(20(19)32)30-13-29-18-21(27-12-28-22(18)30)25-8-4-7-14-5-2-1-3-6-14/h1-3,5-6,12-13,15-17,19-20,23,26,31-32H,4,7-11H2,(H,33,34)(H,25,27,28)/t15-,16-,17+,19+,20+,23+/m0/s1. The van der Waals surface area contributed by atoms with Gasteiger partial charge in [0, 0.05) is 24.1 Å². The SMILES string of the molecule is O=C(O)[C@@H]1C[C@H](SC[C@H]2O[C@@H](n3cnc4c(NCCCc5ccccc5)ncnc43)[C@H](O)[C@@H]2O)CN1. The molecule has 0 unspecified atom stereocenters. The molecule has 2 aromatic heterocycles. The fraction of sp³-hybridized carbons (Fsp3) is 0.500. The molecule has 2 aliphatic rings. The lowest BCUT2D eigenvalue weighted by molar-refractivity contribution is -0.139. The number of nitrogens with one attached hydrogen (secondary N) is 2. The number of carboxylic acid groups (broad SMARTS) is 1. The van der Waals surface area contributed by atoms with E-state index in [0.717, 1.165) is 12.8 Å². The summed E-state index contributed by atoms with van der Waals surface area (Å²) in [5, 5.41) is 36.9. The van der Waals surface area contributed by atoms with Gasteiger partial charge in [0.2, 0.25) is 0 Å². The lowest BCUT2D eigenvalue weighted by atomic mass is 10.1. The summed E-state index contributed by atoms with van der Waals surface area (Å²) in [6.45, 7) is 1.30. The summed E-state index contributed by atoms with van der Waals surface area (Å²) < 4.78 is 7.67. The van der Waals surface area contributed by atoms with Crippen LogP contribution in [0.25, 0.3) is 11.2 Å². The number of aliphatic carboxylic acids is 1. The number of anilines is 1. The molecule has 5 N–H and O–H groups in total. The normalized spacial score (nSPS) is 28.1. The van der Waals surface area contributed by atoms with E-state index in [4.69, 9.17) is 9.84 Å². The van der Waals surface area contributed by atoms with Gasteiger partial charge in [0.05, 0.1) is 12.4 Å². The van der Waals surface area contributed by atoms with Gasteiger partial charge in [0.25, 0.3) is 0 Å². The van der Waals surface area contributed by atoms with E-state index in [1.807, 2.05) is 18.2 Å². The van der Waals surface area contributed by atoms with Crippen LogP contribution in [-0.2, 0) is 16.0 Å². The van der Waals surface area contributed by atoms with Gasteiger partial charge in [-0.05, 0) is 24.8 Å². The number of nitrogens with zero attached hydrogens (tertiary/aromatic N) is 4. The third-order valence-electron chi connectivity index (χ3n) is 6.63. The maximum atomic E-state index is 11.1. The topological polar surface area (TPSA) is 155 Å². The number of fused-ring (bicyclic) bond motifs is 1. The fourth-order valence-corrected chi connectivity index (χ4v) is 5.94. The highest BCUT2D eigenvalue weighted by atomic mass is 32.2. The van der Waals surface area contributed by atoms with Crippen LogP contribution >= 0.6 is 11.8 Å². The van der Waals surface area contributed by atoms with Crippen molar-refractivity contribution in [2.75, 3.05) is 24.2 Å². The van der Waals surface area contributed by atoms with Crippen LogP contribution in [0.4, 0.5) is 5.82 Å². The Morgan fingerprint density at radius 2 is 2.03 bits per heavy atom. The molecule has 11 nitrogen and oxygen atoms in total. The molecule has 2 aliphatic heterocycles. The molecular formula is C24H30N6O5S. The van der Waals surface area contributed by atoms with Gasteiger partial charge in [-0.25, -0.2) is 15.0 Å². The molecule has 2 fully saturated rings. The molecule has 6 atom stereocenters. The number of carboxylic acids is 1. The number of aryl methyl sites for hydroxylation is 1. The highest BCUT2D eigenvalue weighted by Gasteiger charge is 2.44. The molecule has 1 aromatic carbocycles. The number of hydrogen-bond donors (Lipinski definition) is 5. The fourth-order valence-electron chi connectivity index (χ4n) is 4.66. The van der Waals surface area contributed by atoms with Crippen LogP contribution in [0.1, 0.15) is 24.6 Å². The Balaban J connectivity index is 1.20. The Labute approximate surface area is 212 Å². The first-order valence-corrected chi connectivity index (χ1v) is 13.1. The first kappa shape index (κ1) is 24.9. The minimum atomic E-state index is -1.15. The van der Waals surface area contributed by atoms with E-state index in [0.29, 0.717) is 42.2 Å². The van der Waals surface area contributed by atoms with Crippen molar-refractivity contribution in [2.24, 2.45) is 0 Å². The van der Waals surface area contributed by atoms with Gasteiger partial charge in [-0.3, -0.25) is 9.36 Å². The summed E-state index contributed by atoms with van der Waals surface area (Å²) in [5.74, 6) is 0.182. The summed E-state index contributed by atoms with van der Waals surface area (Å²) in [6, 6.07) is 9.73. The van der Waals surface area contributed by atoms with Crippen LogP contribution in [0.2, 0.25) is 0 Å². The second kappa shape index (κ2) is 11.1. The molecule has 0 amide bonds. The lowest BCUT2D eigenvalue weighted by Gasteiger charge is -2.17. The Kier molecular flexibility index (Phi) is 7.67. The van der Waals surface area contributed by atoms with E-state index in [1.165, 1.54) is 11.9 Å². The van der Waals surface area contributed by atoms with Crippen molar-refractivity contribution in [2.45, 2.75) is 55.1 Å². The summed E-state index contributed by atoms with van der Waals surface area (Å²) in [7, 11) is 0. The van der Waals surface area contributed by atoms with Gasteiger partial charge in [0.15, 0.2) is 23.2 Å². The van der Waals surface area contributed by atoms with Gasteiger partial charge < -0.3 is 30.7 Å². The first-order chi connectivity index (χ1) is 17.5. The molecule has 0 bridgehead atoms. The summed E-state index contributed by atoms with van der Waals surface area (Å²) >= 11 is 1.54. The smallest absolute Gasteiger partial charge is 0.320 e. The number of thioether (sulfide) groups is 1. The molecule has 0 aliphatic carbocycles. The van der Waals surface area contributed by atoms with E-state index in [9.17, 15) is 15.0 Å². The zero-order valence-corrected chi connectivity index (χ0v) is 20.4. The summed E-state index contributed by atoms with van der Waals surface area (Å²) in [5.41, 5.74) is 2.35.